The Morgan fingerprint density at radius 1 is 1.33 bits per heavy atom. The molecule has 0 aromatic heterocycles. The lowest BCUT2D eigenvalue weighted by atomic mass is 10.0. The predicted octanol–water partition coefficient (Wildman–Crippen LogP) is 3.26. The highest BCUT2D eigenvalue weighted by Crippen LogP contribution is 2.18. The number of rotatable bonds is 5. The first-order chi connectivity index (χ1) is 7.17. The van der Waals surface area contributed by atoms with Crippen LogP contribution in [0.3, 0.4) is 0 Å². The number of halogens is 1. The van der Waals surface area contributed by atoms with E-state index in [1.54, 1.807) is 12.1 Å². The smallest absolute Gasteiger partial charge is 0.148 e. The molecule has 2 nitrogen and oxygen atoms in total. The molecule has 0 saturated heterocycles. The molecule has 0 spiro atoms. The van der Waals surface area contributed by atoms with Crippen molar-refractivity contribution in [2.45, 2.75) is 26.7 Å². The van der Waals surface area contributed by atoms with Crippen LogP contribution in [0.4, 0.5) is 15.8 Å². The van der Waals surface area contributed by atoms with Crippen molar-refractivity contribution in [3.8, 4) is 0 Å². The average molecular weight is 210 g/mol. The molecule has 0 saturated carbocycles. The van der Waals surface area contributed by atoms with E-state index in [0.717, 1.165) is 19.4 Å². The van der Waals surface area contributed by atoms with Gasteiger partial charge in [0.25, 0.3) is 0 Å². The summed E-state index contributed by atoms with van der Waals surface area (Å²) in [6.07, 6.45) is 2.22. The summed E-state index contributed by atoms with van der Waals surface area (Å²) in [4.78, 5) is 0. The monoisotopic (exact) mass is 210 g/mol. The number of nitrogens with one attached hydrogen (secondary N) is 1. The van der Waals surface area contributed by atoms with Gasteiger partial charge in [0, 0.05) is 12.2 Å². The normalized spacial score (nSPS) is 10.7. The van der Waals surface area contributed by atoms with Gasteiger partial charge in [-0.25, -0.2) is 4.39 Å². The van der Waals surface area contributed by atoms with Gasteiger partial charge in [0.15, 0.2) is 0 Å². The van der Waals surface area contributed by atoms with Gasteiger partial charge in [-0.15, -0.1) is 0 Å². The van der Waals surface area contributed by atoms with Gasteiger partial charge < -0.3 is 11.1 Å². The zero-order chi connectivity index (χ0) is 11.3. The number of hydrogen-bond acceptors (Lipinski definition) is 2. The Labute approximate surface area is 90.7 Å². The van der Waals surface area contributed by atoms with E-state index in [0.29, 0.717) is 17.3 Å². The van der Waals surface area contributed by atoms with Crippen LogP contribution in [0.25, 0.3) is 0 Å². The molecule has 0 aliphatic carbocycles. The Kier molecular flexibility index (Phi) is 4.40. The lowest BCUT2D eigenvalue weighted by molar-refractivity contribution is 0.517. The molecule has 1 aromatic rings. The second-order valence-electron chi connectivity index (χ2n) is 3.80. The molecule has 15 heavy (non-hydrogen) atoms. The molecule has 0 atom stereocenters. The molecule has 0 amide bonds. The molecule has 0 aliphatic heterocycles. The maximum atomic E-state index is 13.4. The second kappa shape index (κ2) is 5.59. The van der Waals surface area contributed by atoms with E-state index >= 15 is 0 Å². The minimum Gasteiger partial charge on any atom is -0.399 e. The Hall–Kier alpha value is -1.25. The summed E-state index contributed by atoms with van der Waals surface area (Å²) in [7, 11) is 0. The van der Waals surface area contributed by atoms with Gasteiger partial charge in [-0.05, 0) is 24.1 Å². The third-order valence-corrected chi connectivity index (χ3v) is 2.73. The SMILES string of the molecule is CCC(CC)CNc1ccc(N)cc1F. The van der Waals surface area contributed by atoms with E-state index in [2.05, 4.69) is 19.2 Å². The maximum absolute atomic E-state index is 13.4. The molecular weight excluding hydrogens is 191 g/mol. The number of nitrogens with two attached hydrogens (primary N) is 1. The molecule has 0 bridgehead atoms. The van der Waals surface area contributed by atoms with Crippen molar-refractivity contribution in [1.29, 1.82) is 0 Å². The van der Waals surface area contributed by atoms with Crippen LogP contribution in [-0.4, -0.2) is 6.54 Å². The van der Waals surface area contributed by atoms with Gasteiger partial charge in [0.05, 0.1) is 5.69 Å². The maximum Gasteiger partial charge on any atom is 0.148 e. The zero-order valence-corrected chi connectivity index (χ0v) is 9.39. The van der Waals surface area contributed by atoms with Gasteiger partial charge in [-0.3, -0.25) is 0 Å². The van der Waals surface area contributed by atoms with Gasteiger partial charge >= 0.3 is 0 Å². The first-order valence-corrected chi connectivity index (χ1v) is 5.46. The Bertz CT molecular complexity index is 308. The topological polar surface area (TPSA) is 38.0 Å². The molecule has 0 unspecified atom stereocenters. The zero-order valence-electron chi connectivity index (χ0n) is 9.39. The number of benzene rings is 1. The Balaban J connectivity index is 2.57. The van der Waals surface area contributed by atoms with Crippen LogP contribution in [0, 0.1) is 11.7 Å². The molecule has 1 aromatic carbocycles. The van der Waals surface area contributed by atoms with E-state index in [-0.39, 0.29) is 5.82 Å². The molecule has 0 fully saturated rings. The van der Waals surface area contributed by atoms with Gasteiger partial charge in [-0.2, -0.15) is 0 Å². The molecule has 3 N–H and O–H groups in total. The number of anilines is 2. The molecule has 1 rings (SSSR count). The van der Waals surface area contributed by atoms with Crippen LogP contribution in [0.5, 0.6) is 0 Å². The highest BCUT2D eigenvalue weighted by molar-refractivity contribution is 5.52. The second-order valence-corrected chi connectivity index (χ2v) is 3.80. The molecule has 0 heterocycles. The summed E-state index contributed by atoms with van der Waals surface area (Å²) >= 11 is 0. The van der Waals surface area contributed by atoms with Crippen molar-refractivity contribution >= 4 is 11.4 Å². The van der Waals surface area contributed by atoms with Crippen molar-refractivity contribution in [3.05, 3.63) is 24.0 Å². The minimum atomic E-state index is -0.277. The average Bonchev–Trinajstić information content (AvgIpc) is 2.22. The third-order valence-electron chi connectivity index (χ3n) is 2.73. The standard InChI is InChI=1S/C12H19FN2/c1-3-9(4-2)8-15-12-6-5-10(14)7-11(12)13/h5-7,9,15H,3-4,8,14H2,1-2H3. The van der Waals surface area contributed by atoms with Crippen molar-refractivity contribution in [2.75, 3.05) is 17.6 Å². The molecule has 0 radical (unpaired) electrons. The van der Waals surface area contributed by atoms with Crippen molar-refractivity contribution in [2.24, 2.45) is 5.92 Å². The van der Waals surface area contributed by atoms with Crippen molar-refractivity contribution in [1.82, 2.24) is 0 Å². The number of nitrogen functional groups attached to an aromatic ring is 1. The lowest BCUT2D eigenvalue weighted by Crippen LogP contribution is -2.13. The number of hydrogen-bond donors (Lipinski definition) is 2. The quantitative estimate of drug-likeness (QED) is 0.732. The van der Waals surface area contributed by atoms with Crippen LogP contribution >= 0.6 is 0 Å². The van der Waals surface area contributed by atoms with Gasteiger partial charge in [0.1, 0.15) is 5.82 Å². The van der Waals surface area contributed by atoms with Crippen LogP contribution in [0.1, 0.15) is 26.7 Å². The summed E-state index contributed by atoms with van der Waals surface area (Å²) in [6.45, 7) is 5.11. The summed E-state index contributed by atoms with van der Waals surface area (Å²) < 4.78 is 13.4. The fourth-order valence-electron chi connectivity index (χ4n) is 1.51. The summed E-state index contributed by atoms with van der Waals surface area (Å²) in [5, 5.41) is 3.11. The highest BCUT2D eigenvalue weighted by atomic mass is 19.1. The molecule has 0 aliphatic rings. The van der Waals surface area contributed by atoms with Crippen molar-refractivity contribution < 1.29 is 4.39 Å². The molecule has 84 valence electrons. The largest absolute Gasteiger partial charge is 0.399 e. The summed E-state index contributed by atoms with van der Waals surface area (Å²) in [5.41, 5.74) is 6.46. The Morgan fingerprint density at radius 3 is 2.53 bits per heavy atom. The van der Waals surface area contributed by atoms with E-state index in [4.69, 9.17) is 5.73 Å². The van der Waals surface area contributed by atoms with E-state index < -0.39 is 0 Å². The van der Waals surface area contributed by atoms with E-state index in [9.17, 15) is 4.39 Å². The van der Waals surface area contributed by atoms with E-state index in [1.807, 2.05) is 0 Å². The first-order valence-electron chi connectivity index (χ1n) is 5.46. The fraction of sp³-hybridized carbons (Fsp3) is 0.500. The highest BCUT2D eigenvalue weighted by Gasteiger charge is 2.05. The summed E-state index contributed by atoms with van der Waals surface area (Å²) in [5.74, 6) is 0.322. The van der Waals surface area contributed by atoms with Crippen LogP contribution < -0.4 is 11.1 Å². The minimum absolute atomic E-state index is 0.277. The fourth-order valence-corrected chi connectivity index (χ4v) is 1.51. The first kappa shape index (κ1) is 11.8. The predicted molar refractivity (Wildman–Crippen MR) is 63.4 cm³/mol. The summed E-state index contributed by atoms with van der Waals surface area (Å²) in [6, 6.07) is 4.74. The van der Waals surface area contributed by atoms with Crippen LogP contribution in [0.2, 0.25) is 0 Å². The van der Waals surface area contributed by atoms with Crippen LogP contribution in [-0.2, 0) is 0 Å². The van der Waals surface area contributed by atoms with Crippen molar-refractivity contribution in [3.63, 3.8) is 0 Å². The van der Waals surface area contributed by atoms with Crippen LogP contribution in [0.15, 0.2) is 18.2 Å². The molecular formula is C12H19FN2. The molecule has 3 heteroatoms. The van der Waals surface area contributed by atoms with Gasteiger partial charge in [0.2, 0.25) is 0 Å². The van der Waals surface area contributed by atoms with Gasteiger partial charge in [-0.1, -0.05) is 26.7 Å². The third kappa shape index (κ3) is 3.42. The Morgan fingerprint density at radius 2 is 2.00 bits per heavy atom. The van der Waals surface area contributed by atoms with E-state index in [1.165, 1.54) is 6.07 Å². The lowest BCUT2D eigenvalue weighted by Gasteiger charge is -2.14.